The average Bonchev–Trinajstić information content (AvgIpc) is 3.46. The molecule has 1 atom stereocenters. The molecular formula is C24H30N6O. The number of hydrogen-bond acceptors (Lipinski definition) is 6. The van der Waals surface area contributed by atoms with Crippen LogP contribution >= 0.6 is 0 Å². The first-order valence-corrected chi connectivity index (χ1v) is 11.4. The van der Waals surface area contributed by atoms with E-state index in [1.807, 2.05) is 60.2 Å². The largest absolute Gasteiger partial charge is 0.347 e. The van der Waals surface area contributed by atoms with Crippen LogP contribution in [0.4, 0.5) is 5.95 Å². The molecule has 2 fully saturated rings. The monoisotopic (exact) mass is 418 g/mol. The van der Waals surface area contributed by atoms with Gasteiger partial charge in [0, 0.05) is 44.6 Å². The Hall–Kier alpha value is -2.80. The van der Waals surface area contributed by atoms with Crippen LogP contribution in [0.1, 0.15) is 62.0 Å². The summed E-state index contributed by atoms with van der Waals surface area (Å²) < 4.78 is 2.05. The number of rotatable bonds is 5. The second kappa shape index (κ2) is 8.38. The quantitative estimate of drug-likeness (QED) is 0.629. The number of para-hydroxylation sites is 1. The zero-order valence-electron chi connectivity index (χ0n) is 18.4. The van der Waals surface area contributed by atoms with Crippen LogP contribution in [-0.2, 0) is 6.54 Å². The van der Waals surface area contributed by atoms with Gasteiger partial charge in [0.2, 0.25) is 5.95 Å². The van der Waals surface area contributed by atoms with Crippen molar-refractivity contribution < 1.29 is 0 Å². The van der Waals surface area contributed by atoms with Crippen molar-refractivity contribution in [3.05, 3.63) is 58.4 Å². The molecular weight excluding hydrogens is 388 g/mol. The van der Waals surface area contributed by atoms with Gasteiger partial charge in [-0.2, -0.15) is 0 Å². The standard InChI is InChI=1S/C24H30N6O/c1-28(2)24-25-14-17(15-26-24)16-29-13-7-12-21(29)22-27-20-11-6-5-10-19(20)23(31)30(22)18-8-3-4-9-18/h5-6,10-11,14-15,18,21H,3-4,7-9,12-13,16H2,1-2H3. The maximum absolute atomic E-state index is 13.5. The third-order valence-electron chi connectivity index (χ3n) is 6.66. The van der Waals surface area contributed by atoms with Crippen LogP contribution in [0.3, 0.4) is 0 Å². The zero-order chi connectivity index (χ0) is 21.4. The lowest BCUT2D eigenvalue weighted by molar-refractivity contribution is 0.228. The highest BCUT2D eigenvalue weighted by molar-refractivity contribution is 5.77. The second-order valence-electron chi connectivity index (χ2n) is 9.01. The first-order valence-electron chi connectivity index (χ1n) is 11.4. The van der Waals surface area contributed by atoms with Gasteiger partial charge in [0.05, 0.1) is 16.9 Å². The lowest BCUT2D eigenvalue weighted by atomic mass is 10.1. The van der Waals surface area contributed by atoms with E-state index in [4.69, 9.17) is 4.98 Å². The summed E-state index contributed by atoms with van der Waals surface area (Å²) in [6.45, 7) is 1.76. The van der Waals surface area contributed by atoms with E-state index in [9.17, 15) is 4.79 Å². The third-order valence-corrected chi connectivity index (χ3v) is 6.66. The van der Waals surface area contributed by atoms with Crippen LogP contribution in [0.25, 0.3) is 10.9 Å². The van der Waals surface area contributed by atoms with Crippen LogP contribution < -0.4 is 10.5 Å². The first-order chi connectivity index (χ1) is 15.1. The van der Waals surface area contributed by atoms with Crippen molar-refractivity contribution in [2.45, 2.75) is 57.2 Å². The van der Waals surface area contributed by atoms with Crippen LogP contribution in [0.15, 0.2) is 41.5 Å². The van der Waals surface area contributed by atoms with Gasteiger partial charge in [0.25, 0.3) is 5.56 Å². The summed E-state index contributed by atoms with van der Waals surface area (Å²) in [5.41, 5.74) is 2.02. The Morgan fingerprint density at radius 3 is 2.52 bits per heavy atom. The topological polar surface area (TPSA) is 67.2 Å². The number of aromatic nitrogens is 4. The summed E-state index contributed by atoms with van der Waals surface area (Å²) in [5.74, 6) is 1.66. The Balaban J connectivity index is 1.52. The van der Waals surface area contributed by atoms with E-state index in [0.29, 0.717) is 5.95 Å². The molecule has 1 unspecified atom stereocenters. The highest BCUT2D eigenvalue weighted by Crippen LogP contribution is 2.36. The van der Waals surface area contributed by atoms with E-state index in [2.05, 4.69) is 14.9 Å². The van der Waals surface area contributed by atoms with E-state index in [1.54, 1.807) is 0 Å². The van der Waals surface area contributed by atoms with E-state index >= 15 is 0 Å². The number of hydrogen-bond donors (Lipinski definition) is 0. The molecule has 0 bridgehead atoms. The molecule has 5 rings (SSSR count). The SMILES string of the molecule is CN(C)c1ncc(CN2CCCC2c2nc3ccccc3c(=O)n2C2CCCC2)cn1. The minimum atomic E-state index is 0.123. The van der Waals surface area contributed by atoms with E-state index in [-0.39, 0.29) is 17.6 Å². The van der Waals surface area contributed by atoms with Crippen LogP contribution in [0.5, 0.6) is 0 Å². The summed E-state index contributed by atoms with van der Waals surface area (Å²) in [5, 5.41) is 0.732. The van der Waals surface area contributed by atoms with E-state index in [0.717, 1.165) is 61.1 Å². The van der Waals surface area contributed by atoms with Gasteiger partial charge < -0.3 is 4.90 Å². The smallest absolute Gasteiger partial charge is 0.261 e. The molecule has 2 aromatic heterocycles. The lowest BCUT2D eigenvalue weighted by Gasteiger charge is -2.28. The first kappa shape index (κ1) is 20.1. The lowest BCUT2D eigenvalue weighted by Crippen LogP contribution is -2.33. The normalized spacial score (nSPS) is 20.0. The Kier molecular flexibility index (Phi) is 5.44. The van der Waals surface area contributed by atoms with Gasteiger partial charge in [-0.15, -0.1) is 0 Å². The Morgan fingerprint density at radius 1 is 1.03 bits per heavy atom. The van der Waals surface area contributed by atoms with Crippen LogP contribution in [0.2, 0.25) is 0 Å². The van der Waals surface area contributed by atoms with Gasteiger partial charge in [0.15, 0.2) is 0 Å². The van der Waals surface area contributed by atoms with Gasteiger partial charge in [-0.25, -0.2) is 15.0 Å². The second-order valence-corrected chi connectivity index (χ2v) is 9.01. The maximum atomic E-state index is 13.5. The van der Waals surface area contributed by atoms with Gasteiger partial charge in [-0.3, -0.25) is 14.3 Å². The van der Waals surface area contributed by atoms with Crippen molar-refractivity contribution in [3.8, 4) is 0 Å². The van der Waals surface area contributed by atoms with Crippen molar-refractivity contribution in [1.82, 2.24) is 24.4 Å². The van der Waals surface area contributed by atoms with Crippen molar-refractivity contribution in [1.29, 1.82) is 0 Å². The molecule has 0 spiro atoms. The summed E-state index contributed by atoms with van der Waals surface area (Å²) in [4.78, 5) is 31.9. The van der Waals surface area contributed by atoms with Crippen LogP contribution in [-0.4, -0.2) is 45.1 Å². The Morgan fingerprint density at radius 2 is 1.77 bits per heavy atom. The number of nitrogens with zero attached hydrogens (tertiary/aromatic N) is 6. The van der Waals surface area contributed by atoms with E-state index < -0.39 is 0 Å². The average molecular weight is 419 g/mol. The molecule has 1 aromatic carbocycles. The molecule has 1 aliphatic carbocycles. The zero-order valence-corrected chi connectivity index (χ0v) is 18.4. The molecule has 162 valence electrons. The fraction of sp³-hybridized carbons (Fsp3) is 0.500. The molecule has 0 amide bonds. The highest BCUT2D eigenvalue weighted by atomic mass is 16.1. The van der Waals surface area contributed by atoms with Crippen molar-refractivity contribution in [2.24, 2.45) is 0 Å². The van der Waals surface area contributed by atoms with Crippen LogP contribution in [0, 0.1) is 0 Å². The fourth-order valence-electron chi connectivity index (χ4n) is 5.12. The number of likely N-dealkylation sites (tertiary alicyclic amines) is 1. The third kappa shape index (κ3) is 3.82. The molecule has 0 radical (unpaired) electrons. The fourth-order valence-corrected chi connectivity index (χ4v) is 5.12. The molecule has 2 aliphatic rings. The van der Waals surface area contributed by atoms with Crippen molar-refractivity contribution in [3.63, 3.8) is 0 Å². The molecule has 0 N–H and O–H groups in total. The van der Waals surface area contributed by atoms with Crippen molar-refractivity contribution >= 4 is 16.9 Å². The molecule has 3 heterocycles. The summed E-state index contributed by atoms with van der Waals surface area (Å²) in [6, 6.07) is 8.19. The number of benzene rings is 1. The highest BCUT2D eigenvalue weighted by Gasteiger charge is 2.33. The Labute approximate surface area is 182 Å². The summed E-state index contributed by atoms with van der Waals surface area (Å²) in [7, 11) is 3.89. The summed E-state index contributed by atoms with van der Waals surface area (Å²) in [6.07, 6.45) is 10.5. The van der Waals surface area contributed by atoms with Gasteiger partial charge >= 0.3 is 0 Å². The Bertz CT molecular complexity index is 1120. The predicted molar refractivity (Wildman–Crippen MR) is 122 cm³/mol. The molecule has 1 aliphatic heterocycles. The molecule has 7 nitrogen and oxygen atoms in total. The van der Waals surface area contributed by atoms with Gasteiger partial charge in [-0.1, -0.05) is 25.0 Å². The maximum Gasteiger partial charge on any atom is 0.261 e. The predicted octanol–water partition coefficient (Wildman–Crippen LogP) is 3.70. The molecule has 31 heavy (non-hydrogen) atoms. The minimum absolute atomic E-state index is 0.123. The van der Waals surface area contributed by atoms with Crippen molar-refractivity contribution in [2.75, 3.05) is 25.5 Å². The number of fused-ring (bicyclic) bond motifs is 1. The molecule has 3 aromatic rings. The molecule has 1 saturated heterocycles. The van der Waals surface area contributed by atoms with Gasteiger partial charge in [-0.05, 0) is 44.4 Å². The molecule has 7 heteroatoms. The van der Waals surface area contributed by atoms with E-state index in [1.165, 1.54) is 12.8 Å². The molecule has 1 saturated carbocycles. The minimum Gasteiger partial charge on any atom is -0.347 e. The number of anilines is 1. The summed E-state index contributed by atoms with van der Waals surface area (Å²) >= 11 is 0. The van der Waals surface area contributed by atoms with Gasteiger partial charge in [0.1, 0.15) is 5.82 Å².